The van der Waals surface area contributed by atoms with Crippen LogP contribution in [-0.2, 0) is 13.1 Å². The Morgan fingerprint density at radius 3 is 2.53 bits per heavy atom. The number of aromatic nitrogens is 1. The van der Waals surface area contributed by atoms with Gasteiger partial charge < -0.3 is 28.6 Å². The normalized spacial score (nSPS) is 10.6. The van der Waals surface area contributed by atoms with Crippen molar-refractivity contribution >= 4 is 11.7 Å². The summed E-state index contributed by atoms with van der Waals surface area (Å²) in [6.07, 6.45) is 1.57. The largest absolute Gasteiger partial charge is 0.497 e. The number of hydrogen-bond donors (Lipinski definition) is 1. The maximum Gasteiger partial charge on any atom is 0.322 e. The first-order chi connectivity index (χ1) is 15.7. The monoisotopic (exact) mass is 433 g/mol. The molecule has 0 radical (unpaired) electrons. The van der Waals surface area contributed by atoms with Crippen LogP contribution < -0.4 is 14.8 Å². The number of benzene rings is 2. The molecule has 0 aliphatic heterocycles. The Bertz CT molecular complexity index is 1150. The molecule has 0 bridgehead atoms. The highest BCUT2D eigenvalue weighted by molar-refractivity contribution is 5.89. The minimum Gasteiger partial charge on any atom is -0.497 e. The van der Waals surface area contributed by atoms with Crippen molar-refractivity contribution in [1.82, 2.24) is 10.1 Å². The van der Waals surface area contributed by atoms with E-state index >= 15 is 0 Å². The minimum atomic E-state index is -0.298. The zero-order chi connectivity index (χ0) is 22.3. The Morgan fingerprint density at radius 2 is 1.81 bits per heavy atom. The topological polar surface area (TPSA) is 90.0 Å². The number of carbonyl (C=O) groups is 1. The third-order valence-electron chi connectivity index (χ3n) is 4.84. The summed E-state index contributed by atoms with van der Waals surface area (Å²) in [6.45, 7) is 0.493. The van der Waals surface area contributed by atoms with E-state index < -0.39 is 0 Å². The van der Waals surface area contributed by atoms with Gasteiger partial charge in [-0.3, -0.25) is 0 Å². The summed E-state index contributed by atoms with van der Waals surface area (Å²) in [5.41, 5.74) is 2.03. The van der Waals surface area contributed by atoms with Crippen molar-refractivity contribution in [3.63, 3.8) is 0 Å². The van der Waals surface area contributed by atoms with Crippen LogP contribution in [0.25, 0.3) is 11.3 Å². The van der Waals surface area contributed by atoms with Crippen LogP contribution in [0.15, 0.2) is 81.9 Å². The van der Waals surface area contributed by atoms with Gasteiger partial charge in [0.2, 0.25) is 0 Å². The van der Waals surface area contributed by atoms with Gasteiger partial charge in [0, 0.05) is 11.8 Å². The molecule has 32 heavy (non-hydrogen) atoms. The van der Waals surface area contributed by atoms with E-state index in [1.165, 1.54) is 0 Å². The maximum absolute atomic E-state index is 13.0. The highest BCUT2D eigenvalue weighted by atomic mass is 16.5. The number of rotatable bonds is 8. The van der Waals surface area contributed by atoms with Crippen LogP contribution in [-0.4, -0.2) is 30.3 Å². The zero-order valence-corrected chi connectivity index (χ0v) is 17.8. The molecule has 0 fully saturated rings. The Hall–Kier alpha value is -4.20. The summed E-state index contributed by atoms with van der Waals surface area (Å²) < 4.78 is 21.5. The Morgan fingerprint density at radius 1 is 1.00 bits per heavy atom. The average Bonchev–Trinajstić information content (AvgIpc) is 3.51. The van der Waals surface area contributed by atoms with Crippen LogP contribution in [0.4, 0.5) is 10.5 Å². The number of nitrogens with one attached hydrogen (secondary N) is 1. The van der Waals surface area contributed by atoms with Crippen molar-refractivity contribution in [3.05, 3.63) is 84.4 Å². The highest BCUT2D eigenvalue weighted by Crippen LogP contribution is 2.30. The molecule has 2 amide bonds. The van der Waals surface area contributed by atoms with E-state index in [9.17, 15) is 4.79 Å². The number of nitrogens with zero attached hydrogens (tertiary/aromatic N) is 2. The number of urea groups is 1. The van der Waals surface area contributed by atoms with Crippen LogP contribution >= 0.6 is 0 Å². The van der Waals surface area contributed by atoms with Crippen molar-refractivity contribution < 1.29 is 23.2 Å². The van der Waals surface area contributed by atoms with E-state index in [-0.39, 0.29) is 19.1 Å². The number of furan rings is 1. The lowest BCUT2D eigenvalue weighted by Crippen LogP contribution is -2.34. The molecular formula is C24H23N3O5. The van der Waals surface area contributed by atoms with Crippen molar-refractivity contribution in [1.29, 1.82) is 0 Å². The van der Waals surface area contributed by atoms with Crippen molar-refractivity contribution in [2.75, 3.05) is 19.5 Å². The molecule has 4 aromatic rings. The molecule has 2 aromatic heterocycles. The molecule has 0 spiro atoms. The van der Waals surface area contributed by atoms with E-state index in [1.54, 1.807) is 61.8 Å². The molecule has 8 nitrogen and oxygen atoms in total. The first kappa shape index (κ1) is 21.0. The number of ether oxygens (including phenoxy) is 2. The fourth-order valence-corrected chi connectivity index (χ4v) is 3.22. The summed E-state index contributed by atoms with van der Waals surface area (Å²) in [6, 6.07) is 19.7. The lowest BCUT2D eigenvalue weighted by atomic mass is 10.1. The van der Waals surface area contributed by atoms with Crippen LogP contribution in [0.2, 0.25) is 0 Å². The van der Waals surface area contributed by atoms with E-state index in [0.717, 1.165) is 5.56 Å². The maximum atomic E-state index is 13.0. The third-order valence-corrected chi connectivity index (χ3v) is 4.84. The van der Waals surface area contributed by atoms with Gasteiger partial charge in [0.05, 0.1) is 39.1 Å². The third kappa shape index (κ3) is 4.92. The van der Waals surface area contributed by atoms with Gasteiger partial charge in [0.15, 0.2) is 5.76 Å². The molecule has 0 aliphatic carbocycles. The van der Waals surface area contributed by atoms with Gasteiger partial charge in [0.25, 0.3) is 0 Å². The molecule has 8 heteroatoms. The second-order valence-corrected chi connectivity index (χ2v) is 6.98. The van der Waals surface area contributed by atoms with Crippen LogP contribution in [0.1, 0.15) is 11.5 Å². The fraction of sp³-hybridized carbons (Fsp3) is 0.167. The van der Waals surface area contributed by atoms with Crippen molar-refractivity contribution in [2.45, 2.75) is 13.1 Å². The lowest BCUT2D eigenvalue weighted by molar-refractivity contribution is 0.199. The van der Waals surface area contributed by atoms with Gasteiger partial charge in [-0.1, -0.05) is 17.3 Å². The highest BCUT2D eigenvalue weighted by Gasteiger charge is 2.19. The summed E-state index contributed by atoms with van der Waals surface area (Å²) >= 11 is 0. The SMILES string of the molecule is COc1ccc(NC(=O)N(Cc2cc(-c3ccccc3OC)on2)Cc2ccco2)cc1. The first-order valence-corrected chi connectivity index (χ1v) is 9.97. The number of amides is 2. The predicted molar refractivity (Wildman–Crippen MR) is 118 cm³/mol. The average molecular weight is 433 g/mol. The number of anilines is 1. The first-order valence-electron chi connectivity index (χ1n) is 9.97. The molecule has 2 aromatic carbocycles. The van der Waals surface area contributed by atoms with Gasteiger partial charge in [-0.25, -0.2) is 4.79 Å². The zero-order valence-electron chi connectivity index (χ0n) is 17.8. The van der Waals surface area contributed by atoms with E-state index in [4.69, 9.17) is 18.4 Å². The molecule has 2 heterocycles. The lowest BCUT2D eigenvalue weighted by Gasteiger charge is -2.21. The summed E-state index contributed by atoms with van der Waals surface area (Å²) in [5, 5.41) is 7.04. The number of para-hydroxylation sites is 1. The Labute approximate surface area is 185 Å². The van der Waals surface area contributed by atoms with Gasteiger partial charge in [-0.2, -0.15) is 0 Å². The molecule has 1 N–H and O–H groups in total. The summed E-state index contributed by atoms with van der Waals surface area (Å²) in [4.78, 5) is 14.6. The van der Waals surface area contributed by atoms with E-state index in [2.05, 4.69) is 10.5 Å². The predicted octanol–water partition coefficient (Wildman–Crippen LogP) is 5.19. The van der Waals surface area contributed by atoms with Gasteiger partial charge in [-0.05, 0) is 48.5 Å². The van der Waals surface area contributed by atoms with Crippen LogP contribution in [0.3, 0.4) is 0 Å². The van der Waals surface area contributed by atoms with Crippen molar-refractivity contribution in [3.8, 4) is 22.8 Å². The molecule has 0 aliphatic rings. The Balaban J connectivity index is 1.53. The quantitative estimate of drug-likeness (QED) is 0.411. The number of methoxy groups -OCH3 is 2. The second kappa shape index (κ2) is 9.74. The fourth-order valence-electron chi connectivity index (χ4n) is 3.22. The standard InChI is InChI=1S/C24H23N3O5/c1-29-19-11-9-17(10-12-19)25-24(28)27(16-20-6-5-13-31-20)15-18-14-23(32-26-18)21-7-3-4-8-22(21)30-2/h3-14H,15-16H2,1-2H3,(H,25,28). The molecule has 0 saturated carbocycles. The number of carbonyl (C=O) groups excluding carboxylic acids is 1. The minimum absolute atomic E-state index is 0.224. The van der Waals surface area contributed by atoms with Crippen molar-refractivity contribution in [2.24, 2.45) is 0 Å². The van der Waals surface area contributed by atoms with Crippen LogP contribution in [0, 0.1) is 0 Å². The van der Waals surface area contributed by atoms with Gasteiger partial charge in [0.1, 0.15) is 23.0 Å². The Kier molecular flexibility index (Phi) is 6.41. The van der Waals surface area contributed by atoms with E-state index in [1.807, 2.05) is 30.3 Å². The second-order valence-electron chi connectivity index (χ2n) is 6.98. The smallest absolute Gasteiger partial charge is 0.322 e. The molecule has 0 atom stereocenters. The summed E-state index contributed by atoms with van der Waals surface area (Å²) in [5.74, 6) is 2.61. The van der Waals surface area contributed by atoms with E-state index in [0.29, 0.717) is 34.4 Å². The number of hydrogen-bond acceptors (Lipinski definition) is 6. The molecule has 164 valence electrons. The molecule has 4 rings (SSSR count). The molecule has 0 saturated heterocycles. The van der Waals surface area contributed by atoms with Gasteiger partial charge in [-0.15, -0.1) is 0 Å². The summed E-state index contributed by atoms with van der Waals surface area (Å²) in [7, 11) is 3.20. The van der Waals surface area contributed by atoms with Gasteiger partial charge >= 0.3 is 6.03 Å². The molecule has 0 unspecified atom stereocenters. The molecular weight excluding hydrogens is 410 g/mol. The van der Waals surface area contributed by atoms with Crippen LogP contribution in [0.5, 0.6) is 11.5 Å².